The highest BCUT2D eigenvalue weighted by Gasteiger charge is 2.03. The number of nitrogens with zero attached hydrogens (tertiary/aromatic N) is 1. The molecule has 2 aromatic carbocycles. The Kier molecular flexibility index (Phi) is 11.9. The van der Waals surface area contributed by atoms with Crippen molar-refractivity contribution in [1.82, 2.24) is 0 Å². The SMILES string of the molecule is CC/C=C\C=C(/C)C(C)C#N.CN.Cc1ccc(-c2cc3ccccc3oc2=P)cc1. The number of fused-ring (bicyclic) bond motifs is 1. The van der Waals surface area contributed by atoms with Gasteiger partial charge in [-0.05, 0) is 51.9 Å². The van der Waals surface area contributed by atoms with Crippen LogP contribution in [0.15, 0.2) is 82.8 Å². The molecule has 3 aromatic rings. The first-order valence-electron chi connectivity index (χ1n) is 10.4. The highest BCUT2D eigenvalue weighted by Crippen LogP contribution is 2.26. The number of hydrogen-bond donors (Lipinski definition) is 1. The average molecular weight is 433 g/mol. The molecule has 0 fully saturated rings. The number of nitrogens with two attached hydrogens (primary N) is 1. The molecule has 31 heavy (non-hydrogen) atoms. The molecule has 0 saturated carbocycles. The zero-order valence-corrected chi connectivity index (χ0v) is 20.1. The van der Waals surface area contributed by atoms with Crippen LogP contribution >= 0.6 is 8.86 Å². The summed E-state index contributed by atoms with van der Waals surface area (Å²) in [6, 6.07) is 20.8. The van der Waals surface area contributed by atoms with E-state index in [0.717, 1.165) is 39.2 Å². The zero-order chi connectivity index (χ0) is 23.2. The Morgan fingerprint density at radius 2 is 1.81 bits per heavy atom. The van der Waals surface area contributed by atoms with Gasteiger partial charge < -0.3 is 10.2 Å². The molecule has 0 radical (unpaired) electrons. The molecule has 0 aliphatic rings. The van der Waals surface area contributed by atoms with Crippen LogP contribution in [-0.2, 0) is 0 Å². The molecule has 0 spiro atoms. The summed E-state index contributed by atoms with van der Waals surface area (Å²) in [6.07, 6.45) is 7.12. The molecule has 1 aromatic heterocycles. The van der Waals surface area contributed by atoms with Crippen molar-refractivity contribution in [3.63, 3.8) is 0 Å². The number of hydrogen-bond acceptors (Lipinski definition) is 3. The van der Waals surface area contributed by atoms with Crippen molar-refractivity contribution in [3.05, 3.63) is 89.1 Å². The molecule has 162 valence electrons. The number of rotatable bonds is 4. The lowest BCUT2D eigenvalue weighted by molar-refractivity contribution is 0.588. The first-order chi connectivity index (χ1) is 15.0. The van der Waals surface area contributed by atoms with E-state index < -0.39 is 0 Å². The van der Waals surface area contributed by atoms with Crippen LogP contribution in [0.3, 0.4) is 0 Å². The summed E-state index contributed by atoms with van der Waals surface area (Å²) in [6.45, 7) is 8.07. The first kappa shape index (κ1) is 26.1. The van der Waals surface area contributed by atoms with Crippen molar-refractivity contribution in [1.29, 1.82) is 5.26 Å². The largest absolute Gasteiger partial charge is 0.452 e. The summed E-state index contributed by atoms with van der Waals surface area (Å²) in [5.74, 6) is 0.0384. The van der Waals surface area contributed by atoms with Crippen LogP contribution < -0.4 is 5.73 Å². The molecule has 3 nitrogen and oxygen atoms in total. The van der Waals surface area contributed by atoms with Gasteiger partial charge in [-0.25, -0.2) is 0 Å². The maximum Gasteiger partial charge on any atom is 0.153 e. The van der Waals surface area contributed by atoms with Crippen molar-refractivity contribution in [3.8, 4) is 17.2 Å². The second kappa shape index (κ2) is 14.1. The Bertz CT molecular complexity index is 1100. The summed E-state index contributed by atoms with van der Waals surface area (Å²) >= 11 is 0. The van der Waals surface area contributed by atoms with E-state index in [9.17, 15) is 0 Å². The van der Waals surface area contributed by atoms with Gasteiger partial charge in [0.2, 0.25) is 0 Å². The molecule has 0 amide bonds. The Balaban J connectivity index is 0.000000321. The second-order valence-electron chi connectivity index (χ2n) is 6.99. The fraction of sp³-hybridized carbons (Fsp3) is 0.259. The van der Waals surface area contributed by atoms with Gasteiger partial charge in [0.15, 0.2) is 5.14 Å². The Morgan fingerprint density at radius 3 is 2.42 bits per heavy atom. The minimum atomic E-state index is 0.0384. The molecule has 1 atom stereocenters. The maximum absolute atomic E-state index is 8.55. The van der Waals surface area contributed by atoms with Crippen molar-refractivity contribution >= 4 is 19.8 Å². The van der Waals surface area contributed by atoms with Crippen LogP contribution in [0.2, 0.25) is 0 Å². The van der Waals surface area contributed by atoms with Crippen molar-refractivity contribution < 1.29 is 4.42 Å². The predicted octanol–water partition coefficient (Wildman–Crippen LogP) is 7.72. The van der Waals surface area contributed by atoms with Gasteiger partial charge in [0.05, 0.1) is 12.0 Å². The van der Waals surface area contributed by atoms with E-state index in [1.807, 2.05) is 44.2 Å². The summed E-state index contributed by atoms with van der Waals surface area (Å²) in [4.78, 5) is 0. The number of allylic oxidation sites excluding steroid dienone is 4. The third-order valence-electron chi connectivity index (χ3n) is 4.65. The van der Waals surface area contributed by atoms with Crippen molar-refractivity contribution in [2.24, 2.45) is 11.7 Å². The number of nitriles is 1. The molecule has 3 rings (SSSR count). The monoisotopic (exact) mass is 432 g/mol. The molecular weight excluding hydrogens is 399 g/mol. The highest BCUT2D eigenvalue weighted by atomic mass is 31.0. The fourth-order valence-electron chi connectivity index (χ4n) is 2.63. The highest BCUT2D eigenvalue weighted by molar-refractivity contribution is 7.07. The van der Waals surface area contributed by atoms with E-state index in [1.54, 1.807) is 0 Å². The first-order valence-corrected chi connectivity index (χ1v) is 10.9. The Labute approximate surface area is 188 Å². The van der Waals surface area contributed by atoms with Gasteiger partial charge in [0, 0.05) is 10.9 Å². The minimum absolute atomic E-state index is 0.0384. The number of para-hydroxylation sites is 1. The molecule has 0 bridgehead atoms. The van der Waals surface area contributed by atoms with Crippen LogP contribution in [0, 0.1) is 29.3 Å². The molecule has 2 N–H and O–H groups in total. The van der Waals surface area contributed by atoms with Crippen LogP contribution in [0.1, 0.15) is 32.8 Å². The third-order valence-corrected chi connectivity index (χ3v) is 5.02. The molecule has 0 aliphatic heterocycles. The van der Waals surface area contributed by atoms with Gasteiger partial charge in [0.1, 0.15) is 5.58 Å². The van der Waals surface area contributed by atoms with E-state index in [4.69, 9.17) is 9.68 Å². The molecule has 4 heteroatoms. The van der Waals surface area contributed by atoms with Gasteiger partial charge in [-0.3, -0.25) is 0 Å². The van der Waals surface area contributed by atoms with Gasteiger partial charge in [0.25, 0.3) is 0 Å². The van der Waals surface area contributed by atoms with Gasteiger partial charge in [-0.2, -0.15) is 5.26 Å². The average Bonchev–Trinajstić information content (AvgIpc) is 2.80. The quantitative estimate of drug-likeness (QED) is 0.339. The Hall–Kier alpha value is -2.92. The van der Waals surface area contributed by atoms with Gasteiger partial charge >= 0.3 is 0 Å². The fourth-order valence-corrected chi connectivity index (χ4v) is 2.95. The van der Waals surface area contributed by atoms with Crippen molar-refractivity contribution in [2.75, 3.05) is 7.05 Å². The van der Waals surface area contributed by atoms with Crippen molar-refractivity contribution in [2.45, 2.75) is 34.1 Å². The summed E-state index contributed by atoms with van der Waals surface area (Å²) < 4.78 is 5.79. The molecule has 0 saturated heterocycles. The van der Waals surface area contributed by atoms with Crippen LogP contribution in [0.5, 0.6) is 0 Å². The molecular formula is C27H33N2OP. The number of aryl methyl sites for hydroxylation is 1. The van der Waals surface area contributed by atoms with E-state index >= 15 is 0 Å². The van der Waals surface area contributed by atoms with E-state index in [2.05, 4.69) is 77.0 Å². The summed E-state index contributed by atoms with van der Waals surface area (Å²) in [7, 11) is 5.06. The topological polar surface area (TPSA) is 63.0 Å². The molecule has 0 aliphatic carbocycles. The summed E-state index contributed by atoms with van der Waals surface area (Å²) in [5.41, 5.74) is 9.99. The van der Waals surface area contributed by atoms with Crippen LogP contribution in [0.25, 0.3) is 22.1 Å². The smallest absolute Gasteiger partial charge is 0.153 e. The molecule has 1 heterocycles. The molecule has 1 unspecified atom stereocenters. The second-order valence-corrected chi connectivity index (χ2v) is 7.45. The maximum atomic E-state index is 8.55. The van der Waals surface area contributed by atoms with Crippen LogP contribution in [-0.4, -0.2) is 7.05 Å². The summed E-state index contributed by atoms with van der Waals surface area (Å²) in [5, 5.41) is 10.4. The third kappa shape index (κ3) is 8.38. The van der Waals surface area contributed by atoms with E-state index in [-0.39, 0.29) is 5.92 Å². The lowest BCUT2D eigenvalue weighted by atomic mass is 10.0. The van der Waals surface area contributed by atoms with E-state index in [0.29, 0.717) is 0 Å². The number of benzene rings is 2. The standard InChI is InChI=1S/C16H13OP.C10H15N.CH5N/c1-11-6-8-12(9-7-11)14-10-13-4-2-3-5-15(13)17-16(14)18;1-4-5-6-7-9(2)10(3)8-11;1-2/h2-10,18H,1H3;5-7,10H,4H2,1-3H3;2H2,1H3/b;6-5-,9-7+;. The Morgan fingerprint density at radius 1 is 1.16 bits per heavy atom. The normalized spacial score (nSPS) is 11.7. The lowest BCUT2D eigenvalue weighted by Gasteiger charge is -2.05. The van der Waals surface area contributed by atoms with Gasteiger partial charge in [-0.1, -0.05) is 87.6 Å². The minimum Gasteiger partial charge on any atom is -0.452 e. The lowest BCUT2D eigenvalue weighted by Crippen LogP contribution is -1.89. The predicted molar refractivity (Wildman–Crippen MR) is 136 cm³/mol. The van der Waals surface area contributed by atoms with Gasteiger partial charge in [-0.15, -0.1) is 0 Å². The van der Waals surface area contributed by atoms with E-state index in [1.165, 1.54) is 12.6 Å². The zero-order valence-electron chi connectivity index (χ0n) is 19.1. The van der Waals surface area contributed by atoms with Crippen LogP contribution in [0.4, 0.5) is 0 Å².